The summed E-state index contributed by atoms with van der Waals surface area (Å²) in [6, 6.07) is 0. The van der Waals surface area contributed by atoms with Crippen LogP contribution in [0.5, 0.6) is 0 Å². The van der Waals surface area contributed by atoms with E-state index in [9.17, 15) is 8.42 Å². The predicted molar refractivity (Wildman–Crippen MR) is 58.2 cm³/mol. The van der Waals surface area contributed by atoms with Crippen molar-refractivity contribution < 1.29 is 22.1 Å². The van der Waals surface area contributed by atoms with Crippen molar-refractivity contribution in [3.63, 3.8) is 0 Å². The Kier molecular flexibility index (Phi) is 3.72. The maximum atomic E-state index is 10.9. The van der Waals surface area contributed by atoms with E-state index in [0.29, 0.717) is 0 Å². The first-order valence-corrected chi connectivity index (χ1v) is 6.86. The lowest BCUT2D eigenvalue weighted by Gasteiger charge is -2.20. The van der Waals surface area contributed by atoms with Gasteiger partial charge < -0.3 is 9.47 Å². The van der Waals surface area contributed by atoms with Gasteiger partial charge in [-0.2, -0.15) is 8.42 Å². The summed E-state index contributed by atoms with van der Waals surface area (Å²) >= 11 is 4.17. The standard InChI is InChI=1S/C8H16O5S2/c1-5(13-15(4,9)10)6-7(14)12-8(2,3)11-6/h5-7,14H,1-4H3/t5-,6+,7-/m1/s1. The Labute approximate surface area is 95.6 Å². The van der Waals surface area contributed by atoms with E-state index in [1.165, 1.54) is 0 Å². The molecule has 0 aromatic rings. The predicted octanol–water partition coefficient (Wildman–Crippen LogP) is 0.758. The van der Waals surface area contributed by atoms with Crippen LogP contribution in [0.25, 0.3) is 0 Å². The van der Waals surface area contributed by atoms with Gasteiger partial charge in [0.15, 0.2) is 5.79 Å². The van der Waals surface area contributed by atoms with Gasteiger partial charge >= 0.3 is 0 Å². The summed E-state index contributed by atoms with van der Waals surface area (Å²) in [7, 11) is -3.49. The van der Waals surface area contributed by atoms with Crippen LogP contribution < -0.4 is 0 Å². The largest absolute Gasteiger partial charge is 0.341 e. The lowest BCUT2D eigenvalue weighted by molar-refractivity contribution is -0.148. The molecule has 0 N–H and O–H groups in total. The highest BCUT2D eigenvalue weighted by atomic mass is 32.2. The van der Waals surface area contributed by atoms with Gasteiger partial charge in [0.2, 0.25) is 0 Å². The van der Waals surface area contributed by atoms with E-state index in [4.69, 9.17) is 13.7 Å². The van der Waals surface area contributed by atoms with Gasteiger partial charge in [0, 0.05) is 0 Å². The summed E-state index contributed by atoms with van der Waals surface area (Å²) in [5, 5.41) is 0. The Bertz CT molecular complexity index is 324. The third kappa shape index (κ3) is 3.92. The molecule has 0 spiro atoms. The van der Waals surface area contributed by atoms with Crippen molar-refractivity contribution in [3.8, 4) is 0 Å². The number of rotatable bonds is 3. The van der Waals surface area contributed by atoms with Crippen LogP contribution >= 0.6 is 12.6 Å². The average Bonchev–Trinajstić information content (AvgIpc) is 2.20. The maximum Gasteiger partial charge on any atom is 0.264 e. The van der Waals surface area contributed by atoms with Gasteiger partial charge in [-0.15, -0.1) is 12.6 Å². The van der Waals surface area contributed by atoms with Crippen LogP contribution in [0, 0.1) is 0 Å². The molecular formula is C8H16O5S2. The number of ether oxygens (including phenoxy) is 2. The fraction of sp³-hybridized carbons (Fsp3) is 1.00. The van der Waals surface area contributed by atoms with Gasteiger partial charge in [0.25, 0.3) is 10.1 Å². The van der Waals surface area contributed by atoms with Crippen molar-refractivity contribution in [1.82, 2.24) is 0 Å². The molecule has 1 saturated heterocycles. The van der Waals surface area contributed by atoms with Crippen LogP contribution in [0.15, 0.2) is 0 Å². The summed E-state index contributed by atoms with van der Waals surface area (Å²) in [5.41, 5.74) is -0.489. The summed E-state index contributed by atoms with van der Waals surface area (Å²) in [6.07, 6.45) is -0.125. The number of hydrogen-bond acceptors (Lipinski definition) is 6. The zero-order valence-electron chi connectivity index (χ0n) is 9.13. The molecule has 0 aliphatic carbocycles. The zero-order chi connectivity index (χ0) is 11.9. The SMILES string of the molecule is C[C@@H](OS(C)(=O)=O)[C@@H]1OC(C)(C)O[C@@H]1S. The zero-order valence-corrected chi connectivity index (χ0v) is 10.8. The molecule has 0 aromatic carbocycles. The minimum absolute atomic E-state index is 0.489. The Morgan fingerprint density at radius 2 is 1.93 bits per heavy atom. The highest BCUT2D eigenvalue weighted by molar-refractivity contribution is 7.86. The molecule has 5 nitrogen and oxygen atoms in total. The van der Waals surface area contributed by atoms with Crippen molar-refractivity contribution in [3.05, 3.63) is 0 Å². The molecule has 0 amide bonds. The van der Waals surface area contributed by atoms with E-state index in [0.717, 1.165) is 6.26 Å². The molecule has 15 heavy (non-hydrogen) atoms. The first kappa shape index (κ1) is 13.2. The molecule has 90 valence electrons. The monoisotopic (exact) mass is 256 g/mol. The molecular weight excluding hydrogens is 240 g/mol. The summed E-state index contributed by atoms with van der Waals surface area (Å²) in [4.78, 5) is 0. The van der Waals surface area contributed by atoms with Crippen molar-refractivity contribution in [1.29, 1.82) is 0 Å². The fourth-order valence-corrected chi connectivity index (χ4v) is 2.65. The van der Waals surface area contributed by atoms with Gasteiger partial charge in [-0.25, -0.2) is 0 Å². The maximum absolute atomic E-state index is 10.9. The Hall–Kier alpha value is 0.180. The Morgan fingerprint density at radius 1 is 1.40 bits per heavy atom. The average molecular weight is 256 g/mol. The molecule has 1 heterocycles. The van der Waals surface area contributed by atoms with Gasteiger partial charge in [-0.1, -0.05) is 0 Å². The van der Waals surface area contributed by atoms with Gasteiger partial charge in [0.05, 0.1) is 6.26 Å². The van der Waals surface area contributed by atoms with Crippen molar-refractivity contribution >= 4 is 22.7 Å². The number of thiol groups is 1. The smallest absolute Gasteiger partial charge is 0.264 e. The fourth-order valence-electron chi connectivity index (χ4n) is 1.43. The quantitative estimate of drug-likeness (QED) is 0.596. The van der Waals surface area contributed by atoms with Crippen molar-refractivity contribution in [2.45, 2.75) is 44.2 Å². The summed E-state index contributed by atoms with van der Waals surface area (Å²) in [5.74, 6) is -0.758. The molecule has 7 heteroatoms. The second-order valence-corrected chi connectivity index (χ2v) is 6.11. The first-order chi connectivity index (χ1) is 6.61. The van der Waals surface area contributed by atoms with Crippen LogP contribution in [-0.2, 0) is 23.8 Å². The third-order valence-corrected chi connectivity index (χ3v) is 2.95. The Morgan fingerprint density at radius 3 is 2.27 bits per heavy atom. The second kappa shape index (κ2) is 4.21. The van der Waals surface area contributed by atoms with E-state index in [2.05, 4.69) is 12.6 Å². The first-order valence-electron chi connectivity index (χ1n) is 4.53. The molecule has 0 saturated carbocycles. The van der Waals surface area contributed by atoms with E-state index in [-0.39, 0.29) is 0 Å². The minimum Gasteiger partial charge on any atom is -0.341 e. The van der Waals surface area contributed by atoms with Crippen LogP contribution in [0.1, 0.15) is 20.8 Å². The molecule has 0 bridgehead atoms. The van der Waals surface area contributed by atoms with Gasteiger partial charge in [-0.05, 0) is 20.8 Å². The van der Waals surface area contributed by atoms with Crippen molar-refractivity contribution in [2.75, 3.05) is 6.26 Å². The highest BCUT2D eigenvalue weighted by Crippen LogP contribution is 2.32. The molecule has 1 fully saturated rings. The Balaban J connectivity index is 2.66. The normalized spacial score (nSPS) is 32.9. The molecule has 3 atom stereocenters. The van der Waals surface area contributed by atoms with Crippen LogP contribution in [0.3, 0.4) is 0 Å². The minimum atomic E-state index is -3.49. The lowest BCUT2D eigenvalue weighted by atomic mass is 10.2. The molecule has 0 radical (unpaired) electrons. The van der Waals surface area contributed by atoms with E-state index < -0.39 is 33.5 Å². The third-order valence-electron chi connectivity index (χ3n) is 1.89. The van der Waals surface area contributed by atoms with Crippen LogP contribution in [0.4, 0.5) is 0 Å². The molecule has 0 aromatic heterocycles. The van der Waals surface area contributed by atoms with E-state index >= 15 is 0 Å². The summed E-state index contributed by atoms with van der Waals surface area (Å²) in [6.45, 7) is 5.09. The molecule has 1 aliphatic heterocycles. The number of hydrogen-bond donors (Lipinski definition) is 1. The van der Waals surface area contributed by atoms with Gasteiger partial charge in [-0.3, -0.25) is 4.18 Å². The van der Waals surface area contributed by atoms with Crippen molar-refractivity contribution in [2.24, 2.45) is 0 Å². The summed E-state index contributed by atoms with van der Waals surface area (Å²) < 4.78 is 37.5. The lowest BCUT2D eigenvalue weighted by Crippen LogP contribution is -2.34. The van der Waals surface area contributed by atoms with E-state index in [1.54, 1.807) is 20.8 Å². The molecule has 1 aliphatic rings. The highest BCUT2D eigenvalue weighted by Gasteiger charge is 2.43. The molecule has 0 unspecified atom stereocenters. The second-order valence-electron chi connectivity index (χ2n) is 4.00. The van der Waals surface area contributed by atoms with Gasteiger partial charge in [0.1, 0.15) is 17.6 Å². The van der Waals surface area contributed by atoms with Crippen LogP contribution in [-0.4, -0.2) is 38.1 Å². The van der Waals surface area contributed by atoms with Crippen LogP contribution in [0.2, 0.25) is 0 Å². The van der Waals surface area contributed by atoms with E-state index in [1.807, 2.05) is 0 Å². The topological polar surface area (TPSA) is 61.8 Å². The molecule has 1 rings (SSSR count).